The Labute approximate surface area is 90.9 Å². The maximum absolute atomic E-state index is 12.9. The summed E-state index contributed by atoms with van der Waals surface area (Å²) in [5, 5.41) is 10.4. The lowest BCUT2D eigenvalue weighted by Gasteiger charge is -2.06. The molecule has 1 aromatic carbocycles. The summed E-state index contributed by atoms with van der Waals surface area (Å²) in [5.74, 6) is -1.72. The largest absolute Gasteiger partial charge is 0.379 e. The molecule has 0 radical (unpaired) electrons. The molecule has 0 atom stereocenters. The highest BCUT2D eigenvalue weighted by atomic mass is 19.2. The summed E-state index contributed by atoms with van der Waals surface area (Å²) in [6, 6.07) is 3.67. The molecule has 0 saturated heterocycles. The van der Waals surface area contributed by atoms with Gasteiger partial charge in [0.05, 0.1) is 18.4 Å². The fourth-order valence-corrected chi connectivity index (χ4v) is 1.27. The highest BCUT2D eigenvalue weighted by molar-refractivity contribution is 5.43. The number of halogens is 2. The maximum atomic E-state index is 12.9. The number of rotatable bonds is 3. The van der Waals surface area contributed by atoms with Gasteiger partial charge in [0.25, 0.3) is 0 Å². The quantitative estimate of drug-likeness (QED) is 0.863. The van der Waals surface area contributed by atoms with Gasteiger partial charge in [0.2, 0.25) is 0 Å². The van der Waals surface area contributed by atoms with Crippen molar-refractivity contribution in [2.75, 3.05) is 5.32 Å². The lowest BCUT2D eigenvalue weighted by atomic mass is 10.3. The van der Waals surface area contributed by atoms with Crippen LogP contribution < -0.4 is 5.32 Å². The van der Waals surface area contributed by atoms with Gasteiger partial charge in [0.1, 0.15) is 0 Å². The Morgan fingerprint density at radius 2 is 2.12 bits per heavy atom. The summed E-state index contributed by atoms with van der Waals surface area (Å²) in [5.41, 5.74) is 1.37. The summed E-state index contributed by atoms with van der Waals surface area (Å²) in [7, 11) is 1.76. The summed E-state index contributed by atoms with van der Waals surface area (Å²) in [4.78, 5) is 0. The average molecular weight is 224 g/mol. The monoisotopic (exact) mass is 224 g/mol. The third kappa shape index (κ3) is 2.16. The second-order valence-corrected chi connectivity index (χ2v) is 3.33. The van der Waals surface area contributed by atoms with Crippen molar-refractivity contribution in [1.82, 2.24) is 15.0 Å². The van der Waals surface area contributed by atoms with Crippen LogP contribution in [0.4, 0.5) is 14.5 Å². The Morgan fingerprint density at radius 1 is 1.31 bits per heavy atom. The number of nitrogens with zero attached hydrogens (tertiary/aromatic N) is 3. The zero-order valence-electron chi connectivity index (χ0n) is 8.61. The van der Waals surface area contributed by atoms with Crippen LogP contribution in [-0.2, 0) is 13.6 Å². The number of benzene rings is 1. The second-order valence-electron chi connectivity index (χ2n) is 3.33. The Kier molecular flexibility index (Phi) is 2.80. The summed E-state index contributed by atoms with van der Waals surface area (Å²) < 4.78 is 27.1. The van der Waals surface area contributed by atoms with Crippen LogP contribution in [0.3, 0.4) is 0 Å². The zero-order chi connectivity index (χ0) is 11.5. The summed E-state index contributed by atoms with van der Waals surface area (Å²) in [6.07, 6.45) is 1.60. The fraction of sp³-hybridized carbons (Fsp3) is 0.200. The number of aryl methyl sites for hydroxylation is 1. The third-order valence-electron chi connectivity index (χ3n) is 2.20. The van der Waals surface area contributed by atoms with Crippen LogP contribution in [-0.4, -0.2) is 15.0 Å². The van der Waals surface area contributed by atoms with Crippen LogP contribution in [0.2, 0.25) is 0 Å². The Bertz CT molecular complexity index is 495. The predicted molar refractivity (Wildman–Crippen MR) is 54.7 cm³/mol. The van der Waals surface area contributed by atoms with Gasteiger partial charge < -0.3 is 5.32 Å². The van der Waals surface area contributed by atoms with E-state index in [1.807, 2.05) is 0 Å². The van der Waals surface area contributed by atoms with E-state index in [1.54, 1.807) is 17.9 Å². The molecular weight excluding hydrogens is 214 g/mol. The van der Waals surface area contributed by atoms with Crippen molar-refractivity contribution < 1.29 is 8.78 Å². The first kappa shape index (κ1) is 10.5. The van der Waals surface area contributed by atoms with E-state index in [1.165, 1.54) is 6.07 Å². The van der Waals surface area contributed by atoms with Crippen molar-refractivity contribution in [3.05, 3.63) is 41.7 Å². The summed E-state index contributed by atoms with van der Waals surface area (Å²) >= 11 is 0. The first-order chi connectivity index (χ1) is 7.66. The fourth-order valence-electron chi connectivity index (χ4n) is 1.27. The zero-order valence-corrected chi connectivity index (χ0v) is 8.61. The molecule has 0 aliphatic rings. The Balaban J connectivity index is 2.05. The first-order valence-corrected chi connectivity index (χ1v) is 4.69. The van der Waals surface area contributed by atoms with Gasteiger partial charge in [-0.15, -0.1) is 5.10 Å². The maximum Gasteiger partial charge on any atom is 0.160 e. The van der Waals surface area contributed by atoms with E-state index in [0.717, 1.165) is 17.8 Å². The van der Waals surface area contributed by atoms with E-state index < -0.39 is 11.6 Å². The molecule has 0 aliphatic carbocycles. The molecule has 1 N–H and O–H groups in total. The van der Waals surface area contributed by atoms with Gasteiger partial charge in [-0.05, 0) is 12.1 Å². The van der Waals surface area contributed by atoms with Gasteiger partial charge in [-0.1, -0.05) is 5.21 Å². The number of anilines is 1. The smallest absolute Gasteiger partial charge is 0.160 e. The molecule has 0 amide bonds. The van der Waals surface area contributed by atoms with Gasteiger partial charge in [-0.2, -0.15) is 0 Å². The van der Waals surface area contributed by atoms with Crippen molar-refractivity contribution in [3.63, 3.8) is 0 Å². The molecule has 84 valence electrons. The minimum Gasteiger partial charge on any atom is -0.379 e. The standard InChI is InChI=1S/C10H10F2N4/c1-16-8(6-14-15-16)5-13-7-2-3-9(11)10(12)4-7/h2-4,6,13H,5H2,1H3. The molecule has 0 spiro atoms. The number of nitrogens with one attached hydrogen (secondary N) is 1. The second kappa shape index (κ2) is 4.26. The molecule has 1 heterocycles. The molecule has 6 heteroatoms. The van der Waals surface area contributed by atoms with Crippen LogP contribution in [0.25, 0.3) is 0 Å². The van der Waals surface area contributed by atoms with Gasteiger partial charge >= 0.3 is 0 Å². The van der Waals surface area contributed by atoms with Crippen LogP contribution in [0.15, 0.2) is 24.4 Å². The van der Waals surface area contributed by atoms with E-state index in [2.05, 4.69) is 15.6 Å². The highest BCUT2D eigenvalue weighted by Gasteiger charge is 2.03. The van der Waals surface area contributed by atoms with E-state index in [-0.39, 0.29) is 0 Å². The van der Waals surface area contributed by atoms with Crippen LogP contribution >= 0.6 is 0 Å². The van der Waals surface area contributed by atoms with Gasteiger partial charge in [0.15, 0.2) is 11.6 Å². The topological polar surface area (TPSA) is 42.7 Å². The first-order valence-electron chi connectivity index (χ1n) is 4.69. The van der Waals surface area contributed by atoms with Crippen LogP contribution in [0, 0.1) is 11.6 Å². The van der Waals surface area contributed by atoms with Gasteiger partial charge in [-0.25, -0.2) is 8.78 Å². The Morgan fingerprint density at radius 3 is 2.75 bits per heavy atom. The molecular formula is C10H10F2N4. The number of hydrogen-bond donors (Lipinski definition) is 1. The van der Waals surface area contributed by atoms with E-state index >= 15 is 0 Å². The van der Waals surface area contributed by atoms with Crippen molar-refractivity contribution in [1.29, 1.82) is 0 Å². The highest BCUT2D eigenvalue weighted by Crippen LogP contribution is 2.13. The SMILES string of the molecule is Cn1nncc1CNc1ccc(F)c(F)c1. The minimum absolute atomic E-state index is 0.453. The average Bonchev–Trinajstić information content (AvgIpc) is 2.66. The van der Waals surface area contributed by atoms with Crippen molar-refractivity contribution in [2.45, 2.75) is 6.54 Å². The van der Waals surface area contributed by atoms with Crippen LogP contribution in [0.5, 0.6) is 0 Å². The predicted octanol–water partition coefficient (Wildman–Crippen LogP) is 1.71. The molecule has 2 rings (SSSR count). The molecule has 0 fully saturated rings. The molecule has 0 saturated carbocycles. The van der Waals surface area contributed by atoms with Crippen molar-refractivity contribution in [2.24, 2.45) is 7.05 Å². The third-order valence-corrected chi connectivity index (χ3v) is 2.20. The normalized spacial score (nSPS) is 10.4. The lowest BCUT2D eigenvalue weighted by molar-refractivity contribution is 0.509. The van der Waals surface area contributed by atoms with E-state index in [0.29, 0.717) is 12.2 Å². The molecule has 0 bridgehead atoms. The van der Waals surface area contributed by atoms with Crippen LogP contribution in [0.1, 0.15) is 5.69 Å². The lowest BCUT2D eigenvalue weighted by Crippen LogP contribution is -2.05. The number of hydrogen-bond acceptors (Lipinski definition) is 3. The molecule has 2 aromatic rings. The summed E-state index contributed by atoms with van der Waals surface area (Å²) in [6.45, 7) is 0.453. The minimum atomic E-state index is -0.867. The van der Waals surface area contributed by atoms with E-state index in [9.17, 15) is 8.78 Å². The van der Waals surface area contributed by atoms with Gasteiger partial charge in [0, 0.05) is 18.8 Å². The van der Waals surface area contributed by atoms with E-state index in [4.69, 9.17) is 0 Å². The Hall–Kier alpha value is -1.98. The van der Waals surface area contributed by atoms with Crippen molar-refractivity contribution >= 4 is 5.69 Å². The molecule has 16 heavy (non-hydrogen) atoms. The molecule has 0 unspecified atom stereocenters. The molecule has 0 aliphatic heterocycles. The van der Waals surface area contributed by atoms with Gasteiger partial charge in [-0.3, -0.25) is 4.68 Å². The number of aromatic nitrogens is 3. The molecule has 4 nitrogen and oxygen atoms in total. The van der Waals surface area contributed by atoms with Crippen molar-refractivity contribution in [3.8, 4) is 0 Å². The molecule has 1 aromatic heterocycles.